The highest BCUT2D eigenvalue weighted by atomic mass is 32.2. The molecule has 0 fully saturated rings. The van der Waals surface area contributed by atoms with Crippen LogP contribution >= 0.6 is 11.8 Å². The lowest BCUT2D eigenvalue weighted by Crippen LogP contribution is -2.25. The van der Waals surface area contributed by atoms with Crippen LogP contribution in [0.3, 0.4) is 0 Å². The normalized spacial score (nSPS) is 11.1. The molecular formula is C21H15N7O2S. The van der Waals surface area contributed by atoms with Gasteiger partial charge in [0.05, 0.1) is 22.6 Å². The highest BCUT2D eigenvalue weighted by Gasteiger charge is 2.14. The number of amides is 1. The first-order valence-electron chi connectivity index (χ1n) is 9.33. The number of anilines is 1. The fourth-order valence-electron chi connectivity index (χ4n) is 3.12. The number of hydrogen-bond acceptors (Lipinski definition) is 7. The smallest absolute Gasteiger partial charge is 0.280 e. The zero-order valence-corrected chi connectivity index (χ0v) is 16.8. The molecule has 2 aromatic carbocycles. The third kappa shape index (κ3) is 3.88. The van der Waals surface area contributed by atoms with E-state index in [-0.39, 0.29) is 5.69 Å². The molecular weight excluding hydrogens is 414 g/mol. The van der Waals surface area contributed by atoms with Crippen molar-refractivity contribution < 1.29 is 4.79 Å². The summed E-state index contributed by atoms with van der Waals surface area (Å²) in [6.07, 6.45) is 3.19. The van der Waals surface area contributed by atoms with E-state index in [4.69, 9.17) is 0 Å². The molecule has 152 valence electrons. The zero-order chi connectivity index (χ0) is 21.2. The Kier molecular flexibility index (Phi) is 4.89. The van der Waals surface area contributed by atoms with Gasteiger partial charge in [-0.3, -0.25) is 14.7 Å². The van der Waals surface area contributed by atoms with E-state index in [1.165, 1.54) is 6.33 Å². The van der Waals surface area contributed by atoms with Crippen LogP contribution in [0.15, 0.2) is 70.9 Å². The lowest BCUT2D eigenvalue weighted by atomic mass is 10.2. The second-order valence-corrected chi connectivity index (χ2v) is 7.65. The average Bonchev–Trinajstić information content (AvgIpc) is 3.27. The van der Waals surface area contributed by atoms with Crippen LogP contribution in [0.5, 0.6) is 0 Å². The first-order valence-corrected chi connectivity index (χ1v) is 10.3. The largest absolute Gasteiger partial charge is 0.320 e. The number of fused-ring (bicyclic) bond motifs is 2. The fourth-order valence-corrected chi connectivity index (χ4v) is 4.03. The minimum absolute atomic E-state index is 0.179. The van der Waals surface area contributed by atoms with Gasteiger partial charge in [0.1, 0.15) is 11.4 Å². The number of carbonyl (C=O) groups excluding carboxylic acids is 1. The predicted molar refractivity (Wildman–Crippen MR) is 118 cm³/mol. The van der Waals surface area contributed by atoms with E-state index in [2.05, 4.69) is 35.5 Å². The Labute approximate surface area is 179 Å². The molecule has 0 saturated heterocycles. The van der Waals surface area contributed by atoms with Crippen molar-refractivity contribution in [2.24, 2.45) is 0 Å². The number of hydrogen-bond donors (Lipinski definition) is 3. The summed E-state index contributed by atoms with van der Waals surface area (Å²) < 4.78 is 0. The Bertz CT molecular complexity index is 1480. The standard InChI is InChI=1S/C21H15N7O2S/c29-19(17-20(30)27-16-7-2-1-6-15(16)26-17)25-13-5-3-4-12(8-13)10-31-21-14-9-24-28-18(14)22-11-23-21/h1-9,11H,10H2,(H,25,29)(H,27,30)(H,22,23,24,28). The van der Waals surface area contributed by atoms with Gasteiger partial charge >= 0.3 is 0 Å². The van der Waals surface area contributed by atoms with Crippen LogP contribution in [-0.2, 0) is 5.75 Å². The molecule has 1 amide bonds. The van der Waals surface area contributed by atoms with Crippen LogP contribution in [0.25, 0.3) is 22.1 Å². The van der Waals surface area contributed by atoms with Gasteiger partial charge in [-0.15, -0.1) is 11.8 Å². The predicted octanol–water partition coefficient (Wildman–Crippen LogP) is 3.13. The van der Waals surface area contributed by atoms with Crippen LogP contribution in [-0.4, -0.2) is 36.0 Å². The van der Waals surface area contributed by atoms with Crippen LogP contribution < -0.4 is 10.9 Å². The molecule has 5 rings (SSSR count). The Balaban J connectivity index is 1.33. The minimum Gasteiger partial charge on any atom is -0.320 e. The van der Waals surface area contributed by atoms with Crippen LogP contribution in [0, 0.1) is 0 Å². The number of benzene rings is 2. The summed E-state index contributed by atoms with van der Waals surface area (Å²) in [5, 5.41) is 11.3. The molecule has 0 saturated carbocycles. The second-order valence-electron chi connectivity index (χ2n) is 6.69. The Morgan fingerprint density at radius 3 is 2.94 bits per heavy atom. The molecule has 0 unspecified atom stereocenters. The average molecular weight is 429 g/mol. The van der Waals surface area contributed by atoms with Crippen molar-refractivity contribution in [3.05, 3.63) is 82.7 Å². The summed E-state index contributed by atoms with van der Waals surface area (Å²) in [6.45, 7) is 0. The topological polar surface area (TPSA) is 129 Å². The van der Waals surface area contributed by atoms with Gasteiger partial charge < -0.3 is 10.3 Å². The molecule has 5 aromatic rings. The van der Waals surface area contributed by atoms with Gasteiger partial charge in [-0.05, 0) is 29.8 Å². The van der Waals surface area contributed by atoms with Crippen molar-refractivity contribution in [1.82, 2.24) is 30.1 Å². The molecule has 9 nitrogen and oxygen atoms in total. The van der Waals surface area contributed by atoms with Crippen molar-refractivity contribution >= 4 is 45.4 Å². The van der Waals surface area contributed by atoms with Crippen LogP contribution in [0.2, 0.25) is 0 Å². The molecule has 10 heteroatoms. The lowest BCUT2D eigenvalue weighted by molar-refractivity contribution is 0.102. The van der Waals surface area contributed by atoms with Crippen molar-refractivity contribution in [3.8, 4) is 0 Å². The maximum atomic E-state index is 12.7. The molecule has 0 aliphatic carbocycles. The first kappa shape index (κ1) is 18.9. The van der Waals surface area contributed by atoms with E-state index < -0.39 is 11.5 Å². The van der Waals surface area contributed by atoms with Crippen molar-refractivity contribution in [2.45, 2.75) is 10.8 Å². The van der Waals surface area contributed by atoms with E-state index in [0.29, 0.717) is 28.1 Å². The first-order chi connectivity index (χ1) is 15.2. The Morgan fingerprint density at radius 1 is 1.10 bits per heavy atom. The maximum absolute atomic E-state index is 12.7. The fraction of sp³-hybridized carbons (Fsp3) is 0.0476. The number of carbonyl (C=O) groups is 1. The molecule has 0 spiro atoms. The highest BCUT2D eigenvalue weighted by Crippen LogP contribution is 2.27. The monoisotopic (exact) mass is 429 g/mol. The third-order valence-corrected chi connectivity index (χ3v) is 5.66. The quantitative estimate of drug-likeness (QED) is 0.289. The van der Waals surface area contributed by atoms with Gasteiger partial charge in [-0.1, -0.05) is 24.3 Å². The number of aromatic amines is 2. The van der Waals surface area contributed by atoms with Crippen molar-refractivity contribution in [3.63, 3.8) is 0 Å². The number of nitrogens with one attached hydrogen (secondary N) is 3. The number of thioether (sulfide) groups is 1. The van der Waals surface area contributed by atoms with Crippen molar-refractivity contribution in [1.29, 1.82) is 0 Å². The number of H-pyrrole nitrogens is 2. The molecule has 31 heavy (non-hydrogen) atoms. The van der Waals surface area contributed by atoms with E-state index in [9.17, 15) is 9.59 Å². The van der Waals surface area contributed by atoms with E-state index in [1.807, 2.05) is 18.2 Å². The molecule has 0 radical (unpaired) electrons. The maximum Gasteiger partial charge on any atom is 0.280 e. The van der Waals surface area contributed by atoms with Crippen LogP contribution in [0.4, 0.5) is 5.69 Å². The van der Waals surface area contributed by atoms with Gasteiger partial charge in [0.25, 0.3) is 11.5 Å². The van der Waals surface area contributed by atoms with Gasteiger partial charge in [0.2, 0.25) is 0 Å². The summed E-state index contributed by atoms with van der Waals surface area (Å²) in [4.78, 5) is 40.3. The third-order valence-electron chi connectivity index (χ3n) is 4.59. The molecule has 0 bridgehead atoms. The zero-order valence-electron chi connectivity index (χ0n) is 16.0. The Morgan fingerprint density at radius 2 is 2.00 bits per heavy atom. The summed E-state index contributed by atoms with van der Waals surface area (Å²) in [7, 11) is 0. The molecule has 0 aliphatic rings. The molecule has 3 aromatic heterocycles. The molecule has 0 atom stereocenters. The van der Waals surface area contributed by atoms with Crippen molar-refractivity contribution in [2.75, 3.05) is 5.32 Å². The summed E-state index contributed by atoms with van der Waals surface area (Å²) >= 11 is 1.54. The lowest BCUT2D eigenvalue weighted by Gasteiger charge is -2.08. The van der Waals surface area contributed by atoms with Gasteiger partial charge in [-0.2, -0.15) is 5.10 Å². The summed E-state index contributed by atoms with van der Waals surface area (Å²) in [5.41, 5.74) is 2.67. The van der Waals surface area contributed by atoms with Gasteiger partial charge in [0, 0.05) is 11.4 Å². The molecule has 3 heterocycles. The number of rotatable bonds is 5. The highest BCUT2D eigenvalue weighted by molar-refractivity contribution is 7.98. The summed E-state index contributed by atoms with van der Waals surface area (Å²) in [6, 6.07) is 14.5. The van der Waals surface area contributed by atoms with Crippen LogP contribution in [0.1, 0.15) is 16.1 Å². The van der Waals surface area contributed by atoms with E-state index in [0.717, 1.165) is 16.0 Å². The van der Waals surface area contributed by atoms with E-state index in [1.54, 1.807) is 48.3 Å². The number of nitrogens with zero attached hydrogens (tertiary/aromatic N) is 4. The second kappa shape index (κ2) is 8.00. The Hall–Kier alpha value is -4.05. The SMILES string of the molecule is O=C(Nc1cccc(CSc2ncnc3[nH]ncc23)c1)c1nc2ccccc2[nH]c1=O. The molecule has 3 N–H and O–H groups in total. The van der Waals surface area contributed by atoms with Gasteiger partial charge in [0.15, 0.2) is 11.3 Å². The minimum atomic E-state index is -0.562. The summed E-state index contributed by atoms with van der Waals surface area (Å²) in [5.74, 6) is 0.0724. The number of para-hydroxylation sites is 2. The molecule has 0 aliphatic heterocycles. The number of aromatic nitrogens is 6. The van der Waals surface area contributed by atoms with Gasteiger partial charge in [-0.25, -0.2) is 15.0 Å². The van der Waals surface area contributed by atoms with E-state index >= 15 is 0 Å².